The van der Waals surface area contributed by atoms with Gasteiger partial charge in [0, 0.05) is 6.54 Å². The minimum Gasteiger partial charge on any atom is -0.480 e. The van der Waals surface area contributed by atoms with Gasteiger partial charge in [-0.25, -0.2) is 8.42 Å². The summed E-state index contributed by atoms with van der Waals surface area (Å²) in [7, 11) is -3.82. The highest BCUT2D eigenvalue weighted by atomic mass is 32.2. The summed E-state index contributed by atoms with van der Waals surface area (Å²) in [4.78, 5) is 11.9. The van der Waals surface area contributed by atoms with Crippen LogP contribution in [0.25, 0.3) is 0 Å². The number of hydrogen-bond donors (Lipinski definition) is 1. The molecule has 1 saturated heterocycles. The second kappa shape index (κ2) is 11.7. The Morgan fingerprint density at radius 1 is 1.07 bits per heavy atom. The van der Waals surface area contributed by atoms with Crippen LogP contribution in [0, 0.1) is 0 Å². The molecule has 1 aliphatic heterocycles. The van der Waals surface area contributed by atoms with Gasteiger partial charge in [-0.3, -0.25) is 4.79 Å². The lowest BCUT2D eigenvalue weighted by atomic mass is 9.89. The predicted molar refractivity (Wildman–Crippen MR) is 117 cm³/mol. The first-order chi connectivity index (χ1) is 13.9. The number of nitrogens with zero attached hydrogens (tertiary/aromatic N) is 1. The molecule has 0 saturated carbocycles. The summed E-state index contributed by atoms with van der Waals surface area (Å²) in [6.45, 7) is 4.62. The van der Waals surface area contributed by atoms with Gasteiger partial charge in [0.05, 0.1) is 4.90 Å². The Morgan fingerprint density at radius 2 is 1.76 bits per heavy atom. The largest absolute Gasteiger partial charge is 0.480 e. The van der Waals surface area contributed by atoms with Crippen LogP contribution in [0.3, 0.4) is 0 Å². The van der Waals surface area contributed by atoms with Crippen LogP contribution in [0.5, 0.6) is 0 Å². The third-order valence-electron chi connectivity index (χ3n) is 5.98. The Balaban J connectivity index is 2.21. The van der Waals surface area contributed by atoms with Crippen molar-refractivity contribution < 1.29 is 18.3 Å². The first kappa shape index (κ1) is 23.9. The Labute approximate surface area is 176 Å². The maximum absolute atomic E-state index is 13.4. The van der Waals surface area contributed by atoms with Crippen LogP contribution in [0.4, 0.5) is 0 Å². The standard InChI is InChI=1S/C23H37NO4S/c1-3-5-6-7-8-9-14-19(13-4-2)20-15-10-11-17-22(20)29(27,28)24-18-12-16-21(24)23(25)26/h10-11,15,17,19,21H,3-9,12-14,16,18H2,1-2H3,(H,25,26)/t19?,21-/m1/s1. The lowest BCUT2D eigenvalue weighted by Gasteiger charge is -2.25. The quantitative estimate of drug-likeness (QED) is 0.422. The maximum Gasteiger partial charge on any atom is 0.322 e. The number of benzene rings is 1. The van der Waals surface area contributed by atoms with Gasteiger partial charge in [0.2, 0.25) is 10.0 Å². The Bertz CT molecular complexity index is 747. The highest BCUT2D eigenvalue weighted by Gasteiger charge is 2.40. The highest BCUT2D eigenvalue weighted by Crippen LogP contribution is 2.35. The summed E-state index contributed by atoms with van der Waals surface area (Å²) >= 11 is 0. The van der Waals surface area contributed by atoms with E-state index in [1.165, 1.54) is 36.4 Å². The molecule has 2 atom stereocenters. The average Bonchev–Trinajstić information content (AvgIpc) is 3.21. The van der Waals surface area contributed by atoms with E-state index in [4.69, 9.17) is 0 Å². The second-order valence-electron chi connectivity index (χ2n) is 8.19. The average molecular weight is 424 g/mol. The zero-order chi connectivity index (χ0) is 21.3. The van der Waals surface area contributed by atoms with Crippen molar-refractivity contribution in [2.45, 2.75) is 101 Å². The third-order valence-corrected chi connectivity index (χ3v) is 7.96. The summed E-state index contributed by atoms with van der Waals surface area (Å²) in [5.74, 6) is -0.858. The molecule has 0 aliphatic carbocycles. The zero-order valence-corrected chi connectivity index (χ0v) is 18.8. The van der Waals surface area contributed by atoms with Crippen molar-refractivity contribution in [2.75, 3.05) is 6.54 Å². The molecule has 1 aliphatic rings. The number of aliphatic carboxylic acids is 1. The molecule has 0 amide bonds. The fourth-order valence-electron chi connectivity index (χ4n) is 4.43. The first-order valence-corrected chi connectivity index (χ1v) is 12.7. The number of carbonyl (C=O) groups is 1. The van der Waals surface area contributed by atoms with Crippen LogP contribution in [0.2, 0.25) is 0 Å². The van der Waals surface area contributed by atoms with E-state index in [0.29, 0.717) is 17.7 Å². The van der Waals surface area contributed by atoms with Gasteiger partial charge in [-0.1, -0.05) is 77.0 Å². The zero-order valence-electron chi connectivity index (χ0n) is 18.0. The molecule has 29 heavy (non-hydrogen) atoms. The van der Waals surface area contributed by atoms with Gasteiger partial charge in [-0.2, -0.15) is 4.31 Å². The van der Waals surface area contributed by atoms with Crippen molar-refractivity contribution in [3.63, 3.8) is 0 Å². The maximum atomic E-state index is 13.4. The second-order valence-corrected chi connectivity index (χ2v) is 10.1. The van der Waals surface area contributed by atoms with Crippen molar-refractivity contribution in [2.24, 2.45) is 0 Å². The number of rotatable bonds is 13. The number of unbranched alkanes of at least 4 members (excludes halogenated alkanes) is 5. The van der Waals surface area contributed by atoms with Crippen LogP contribution in [0.1, 0.15) is 96.0 Å². The normalized spacial score (nSPS) is 18.8. The van der Waals surface area contributed by atoms with E-state index in [-0.39, 0.29) is 12.5 Å². The van der Waals surface area contributed by atoms with Gasteiger partial charge in [0.25, 0.3) is 0 Å². The fourth-order valence-corrected chi connectivity index (χ4v) is 6.36. The molecule has 5 nitrogen and oxygen atoms in total. The van der Waals surface area contributed by atoms with Gasteiger partial charge >= 0.3 is 5.97 Å². The molecule has 1 heterocycles. The summed E-state index contributed by atoms with van der Waals surface area (Å²) in [5.41, 5.74) is 0.860. The minimum atomic E-state index is -3.82. The van der Waals surface area contributed by atoms with Gasteiger partial charge < -0.3 is 5.11 Å². The summed E-state index contributed by atoms with van der Waals surface area (Å²) < 4.78 is 28.0. The summed E-state index contributed by atoms with van der Waals surface area (Å²) in [6.07, 6.45) is 11.2. The van der Waals surface area contributed by atoms with Crippen molar-refractivity contribution in [1.82, 2.24) is 4.31 Å². The van der Waals surface area contributed by atoms with E-state index >= 15 is 0 Å². The molecule has 1 fully saturated rings. The van der Waals surface area contributed by atoms with Crippen LogP contribution < -0.4 is 0 Å². The number of sulfonamides is 1. The molecule has 6 heteroatoms. The monoisotopic (exact) mass is 423 g/mol. The molecule has 0 radical (unpaired) electrons. The Morgan fingerprint density at radius 3 is 2.45 bits per heavy atom. The number of hydrogen-bond acceptors (Lipinski definition) is 3. The van der Waals surface area contributed by atoms with E-state index in [9.17, 15) is 18.3 Å². The summed E-state index contributed by atoms with van der Waals surface area (Å²) in [5, 5.41) is 9.46. The molecule has 0 aromatic heterocycles. The molecule has 164 valence electrons. The van der Waals surface area contributed by atoms with Crippen molar-refractivity contribution in [3.8, 4) is 0 Å². The van der Waals surface area contributed by atoms with Crippen molar-refractivity contribution >= 4 is 16.0 Å². The molecule has 0 spiro atoms. The molecule has 1 unspecified atom stereocenters. The van der Waals surface area contributed by atoms with E-state index in [1.54, 1.807) is 12.1 Å². The van der Waals surface area contributed by atoms with Gasteiger partial charge in [-0.05, 0) is 43.2 Å². The minimum absolute atomic E-state index is 0.197. The van der Waals surface area contributed by atoms with Gasteiger partial charge in [0.15, 0.2) is 0 Å². The molecular formula is C23H37NO4S. The van der Waals surface area contributed by atoms with Crippen LogP contribution in [-0.4, -0.2) is 36.4 Å². The van der Waals surface area contributed by atoms with E-state index in [1.807, 2.05) is 12.1 Å². The molecule has 2 rings (SSSR count). The Hall–Kier alpha value is -1.40. The predicted octanol–water partition coefficient (Wildman–Crippen LogP) is 5.56. The fraction of sp³-hybridized carbons (Fsp3) is 0.696. The Kier molecular flexibility index (Phi) is 9.63. The number of carboxylic acids is 1. The number of carboxylic acid groups (broad SMARTS) is 1. The third kappa shape index (κ3) is 6.29. The van der Waals surface area contributed by atoms with E-state index in [0.717, 1.165) is 31.2 Å². The van der Waals surface area contributed by atoms with E-state index in [2.05, 4.69) is 13.8 Å². The van der Waals surface area contributed by atoms with Gasteiger partial charge in [0.1, 0.15) is 6.04 Å². The molecule has 1 aromatic rings. The van der Waals surface area contributed by atoms with E-state index < -0.39 is 22.0 Å². The van der Waals surface area contributed by atoms with Crippen LogP contribution in [0.15, 0.2) is 29.2 Å². The lowest BCUT2D eigenvalue weighted by molar-refractivity contribution is -0.140. The molecule has 1 aromatic carbocycles. The smallest absolute Gasteiger partial charge is 0.322 e. The first-order valence-electron chi connectivity index (χ1n) is 11.3. The van der Waals surface area contributed by atoms with Crippen molar-refractivity contribution in [1.29, 1.82) is 0 Å². The molecule has 0 bridgehead atoms. The van der Waals surface area contributed by atoms with Crippen LogP contribution >= 0.6 is 0 Å². The van der Waals surface area contributed by atoms with Crippen LogP contribution in [-0.2, 0) is 14.8 Å². The van der Waals surface area contributed by atoms with Crippen molar-refractivity contribution in [3.05, 3.63) is 29.8 Å². The molecular weight excluding hydrogens is 386 g/mol. The topological polar surface area (TPSA) is 74.7 Å². The van der Waals surface area contributed by atoms with Gasteiger partial charge in [-0.15, -0.1) is 0 Å². The molecule has 1 N–H and O–H groups in total. The summed E-state index contributed by atoms with van der Waals surface area (Å²) in [6, 6.07) is 6.28. The highest BCUT2D eigenvalue weighted by molar-refractivity contribution is 7.89. The lowest BCUT2D eigenvalue weighted by Crippen LogP contribution is -2.40. The SMILES string of the molecule is CCCCCCCCC(CCC)c1ccccc1S(=O)(=O)N1CCC[C@@H]1C(=O)O.